The Bertz CT molecular complexity index is 353. The van der Waals surface area contributed by atoms with E-state index in [2.05, 4.69) is 0 Å². The molecule has 0 aromatic carbocycles. The van der Waals surface area contributed by atoms with E-state index >= 15 is 0 Å². The number of hydrogen-bond acceptors (Lipinski definition) is 5. The molecule has 0 amide bonds. The van der Waals surface area contributed by atoms with Crippen LogP contribution in [0.25, 0.3) is 0 Å². The number of rotatable bonds is 9. The predicted molar refractivity (Wildman–Crippen MR) is 72.1 cm³/mol. The van der Waals surface area contributed by atoms with Gasteiger partial charge < -0.3 is 39.6 Å². The summed E-state index contributed by atoms with van der Waals surface area (Å²) in [5, 5.41) is 6.17. The van der Waals surface area contributed by atoms with Crippen LogP contribution in [-0.4, -0.2) is 55.4 Å². The molecule has 0 aromatic heterocycles. The van der Waals surface area contributed by atoms with Crippen LogP contribution in [-0.2, 0) is 9.13 Å². The van der Waals surface area contributed by atoms with Gasteiger partial charge in [-0.1, -0.05) is 19.8 Å². The minimum Gasteiger partial charge on any atom is -0.776 e. The molecule has 0 saturated carbocycles. The quantitative estimate of drug-likeness (QED) is 0.173. The summed E-state index contributed by atoms with van der Waals surface area (Å²) in [5.41, 5.74) is 0. The Morgan fingerprint density at radius 2 is 1.55 bits per heavy atom. The Hall–Kier alpha value is 2.18. The molecule has 0 saturated heterocycles. The first-order valence-corrected chi connectivity index (χ1v) is 9.15. The fraction of sp³-hybridized carbons (Fsp3) is 1.00. The third-order valence-electron chi connectivity index (χ3n) is 2.89. The SMILES string of the molecule is CCCCCN(C)CCC(O)(P(=O)([O-])O)P(=O)(O)O.O.[Na+].[Na+]. The van der Waals surface area contributed by atoms with Gasteiger partial charge in [-0.15, -0.1) is 0 Å². The first-order chi connectivity index (χ1) is 8.45. The smallest absolute Gasteiger partial charge is 0.776 e. The van der Waals surface area contributed by atoms with Gasteiger partial charge in [-0.2, -0.15) is 0 Å². The second kappa shape index (κ2) is 13.4. The van der Waals surface area contributed by atoms with Crippen molar-refractivity contribution in [2.45, 2.75) is 37.7 Å². The van der Waals surface area contributed by atoms with Gasteiger partial charge in [-0.25, -0.2) is 0 Å². The minimum atomic E-state index is -5.58. The summed E-state index contributed by atoms with van der Waals surface area (Å²) in [6.45, 7) is 2.57. The predicted octanol–water partition coefficient (Wildman–Crippen LogP) is -6.95. The summed E-state index contributed by atoms with van der Waals surface area (Å²) in [6.07, 6.45) is 2.09. The van der Waals surface area contributed by atoms with Gasteiger partial charge in [-0.05, 0) is 20.0 Å². The summed E-state index contributed by atoms with van der Waals surface area (Å²) in [7, 11) is -9.33. The molecular formula is C9H24NNa2O8P2+. The maximum Gasteiger partial charge on any atom is 1.00 e. The second-order valence-corrected chi connectivity index (χ2v) is 8.56. The second-order valence-electron chi connectivity index (χ2n) is 4.60. The van der Waals surface area contributed by atoms with Crippen molar-refractivity contribution < 1.29 is 98.4 Å². The fourth-order valence-corrected chi connectivity index (χ4v) is 3.63. The summed E-state index contributed by atoms with van der Waals surface area (Å²) >= 11 is 0. The first-order valence-electron chi connectivity index (χ1n) is 5.96. The van der Waals surface area contributed by atoms with Crippen molar-refractivity contribution in [3.05, 3.63) is 0 Å². The van der Waals surface area contributed by atoms with Crippen LogP contribution >= 0.6 is 15.2 Å². The zero-order valence-corrected chi connectivity index (χ0v) is 19.4. The van der Waals surface area contributed by atoms with Gasteiger partial charge in [0.1, 0.15) is 0 Å². The molecular weight excluding hydrogens is 358 g/mol. The number of aliphatic hydroxyl groups is 1. The minimum absolute atomic E-state index is 0. The summed E-state index contributed by atoms with van der Waals surface area (Å²) in [6, 6.07) is 0. The van der Waals surface area contributed by atoms with Crippen LogP contribution < -0.4 is 64.0 Å². The van der Waals surface area contributed by atoms with Gasteiger partial charge in [0.15, 0.2) is 7.60 Å². The molecule has 13 heteroatoms. The van der Waals surface area contributed by atoms with Crippen molar-refractivity contribution in [1.82, 2.24) is 4.90 Å². The third kappa shape index (κ3) is 10.2. The van der Waals surface area contributed by atoms with Crippen LogP contribution in [0.1, 0.15) is 32.6 Å². The van der Waals surface area contributed by atoms with Crippen LogP contribution in [0.15, 0.2) is 0 Å². The fourth-order valence-electron chi connectivity index (χ4n) is 1.54. The molecule has 0 aliphatic rings. The molecule has 6 N–H and O–H groups in total. The first kappa shape index (κ1) is 31.9. The molecule has 0 rings (SSSR count). The molecule has 2 unspecified atom stereocenters. The summed E-state index contributed by atoms with van der Waals surface area (Å²) in [4.78, 5) is 39.3. The molecule has 0 aromatic rings. The van der Waals surface area contributed by atoms with Gasteiger partial charge in [0.05, 0.1) is 0 Å². The van der Waals surface area contributed by atoms with E-state index in [0.29, 0.717) is 6.54 Å². The average Bonchev–Trinajstić information content (AvgIpc) is 2.23. The van der Waals surface area contributed by atoms with E-state index in [1.165, 1.54) is 0 Å². The van der Waals surface area contributed by atoms with E-state index in [-0.39, 0.29) is 71.1 Å². The van der Waals surface area contributed by atoms with Crippen molar-refractivity contribution in [3.8, 4) is 0 Å². The summed E-state index contributed by atoms with van der Waals surface area (Å²) < 4.78 is 22.1. The van der Waals surface area contributed by atoms with Crippen molar-refractivity contribution in [2.24, 2.45) is 0 Å². The standard InChI is InChI=1S/C9H23NO7P2.2Na.H2O/c1-3-4-5-7-10(2)8-6-9(11,18(12,13)14)19(15,16)17;;;/h11H,3-8H2,1-2H3,(H2,12,13,14)(H2,15,16,17);;;1H2/q;2*+1;/p-1. The average molecular weight is 382 g/mol. The Kier molecular flexibility index (Phi) is 19.4. The number of nitrogens with zero attached hydrogens (tertiary/aromatic N) is 1. The molecule has 0 aliphatic heterocycles. The van der Waals surface area contributed by atoms with E-state index in [4.69, 9.17) is 14.7 Å². The van der Waals surface area contributed by atoms with Crippen molar-refractivity contribution >= 4 is 15.2 Å². The zero-order valence-electron chi connectivity index (χ0n) is 13.6. The van der Waals surface area contributed by atoms with Gasteiger partial charge in [0, 0.05) is 13.0 Å². The topological polar surface area (TPSA) is 173 Å². The van der Waals surface area contributed by atoms with Crippen molar-refractivity contribution in [2.75, 3.05) is 20.1 Å². The molecule has 2 atom stereocenters. The van der Waals surface area contributed by atoms with Crippen molar-refractivity contribution in [3.63, 3.8) is 0 Å². The van der Waals surface area contributed by atoms with E-state index in [1.54, 1.807) is 11.9 Å². The largest absolute Gasteiger partial charge is 1.00 e. The molecule has 0 fully saturated rings. The number of unbranched alkanes of at least 4 members (excludes halogenated alkanes) is 2. The molecule has 0 bridgehead atoms. The summed E-state index contributed by atoms with van der Waals surface area (Å²) in [5.74, 6) is 0. The third-order valence-corrected chi connectivity index (χ3v) is 6.72. The van der Waals surface area contributed by atoms with Crippen molar-refractivity contribution in [1.29, 1.82) is 0 Å². The molecule has 9 nitrogen and oxygen atoms in total. The van der Waals surface area contributed by atoms with Gasteiger partial charge in [0.25, 0.3) is 0 Å². The monoisotopic (exact) mass is 382 g/mol. The Labute approximate surface area is 175 Å². The maximum atomic E-state index is 11.1. The van der Waals surface area contributed by atoms with Gasteiger partial charge >= 0.3 is 66.7 Å². The number of hydrogen-bond donors (Lipinski definition) is 4. The van der Waals surface area contributed by atoms with E-state index in [0.717, 1.165) is 19.3 Å². The van der Waals surface area contributed by atoms with Crippen LogP contribution in [0.2, 0.25) is 0 Å². The van der Waals surface area contributed by atoms with Gasteiger partial charge in [-0.3, -0.25) is 4.57 Å². The molecule has 0 spiro atoms. The molecule has 0 radical (unpaired) electrons. The van der Waals surface area contributed by atoms with Crippen LogP contribution in [0, 0.1) is 0 Å². The van der Waals surface area contributed by atoms with Crippen LogP contribution in [0.4, 0.5) is 0 Å². The Morgan fingerprint density at radius 3 is 1.86 bits per heavy atom. The maximum absolute atomic E-state index is 11.1. The Morgan fingerprint density at radius 1 is 1.09 bits per heavy atom. The molecule has 124 valence electrons. The van der Waals surface area contributed by atoms with Crippen LogP contribution in [0.3, 0.4) is 0 Å². The van der Waals surface area contributed by atoms with E-state index in [1.807, 2.05) is 6.92 Å². The zero-order chi connectivity index (χ0) is 15.3. The Balaban J connectivity index is -0.000000540. The van der Waals surface area contributed by atoms with Crippen LogP contribution in [0.5, 0.6) is 0 Å². The molecule has 22 heavy (non-hydrogen) atoms. The molecule has 0 aliphatic carbocycles. The normalized spacial score (nSPS) is 16.5. The van der Waals surface area contributed by atoms with E-state index in [9.17, 15) is 19.1 Å². The van der Waals surface area contributed by atoms with Gasteiger partial charge in [0.2, 0.25) is 5.08 Å². The molecule has 0 heterocycles. The van der Waals surface area contributed by atoms with E-state index < -0.39 is 26.7 Å².